The number of anilines is 1. The molecule has 1 fully saturated rings. The number of hydrogen-bond acceptors (Lipinski definition) is 3. The van der Waals surface area contributed by atoms with Crippen molar-refractivity contribution in [3.63, 3.8) is 0 Å². The second-order valence-electron chi connectivity index (χ2n) is 6.70. The molecule has 1 aliphatic rings. The normalized spacial score (nSPS) is 14.1. The molecule has 6 heteroatoms. The molecule has 146 valence electrons. The van der Waals surface area contributed by atoms with Crippen LogP contribution in [0.5, 0.6) is 0 Å². The first-order valence-electron chi connectivity index (χ1n) is 8.61. The molecule has 1 saturated heterocycles. The smallest absolute Gasteiger partial charge is 0.0730 e. The standard InChI is InChI=1S/C21H23N3.2BrH.H2O/c1-16-7-9-17(10-8-16)20-15-21(24-13-11-23(2)12-14-24)18-5-3-4-6-19(18)22-20;;;/h3-10,15H,11-14H2,1-2H3;2*1H;1H2. The number of aryl methyl sites for hydroxylation is 1. The fourth-order valence-corrected chi connectivity index (χ4v) is 3.34. The third kappa shape index (κ3) is 5.08. The molecule has 0 saturated carbocycles. The maximum atomic E-state index is 4.91. The van der Waals surface area contributed by atoms with E-state index >= 15 is 0 Å². The summed E-state index contributed by atoms with van der Waals surface area (Å²) < 4.78 is 0. The molecule has 1 aromatic heterocycles. The second kappa shape index (κ2) is 10.2. The van der Waals surface area contributed by atoms with Gasteiger partial charge in [0.25, 0.3) is 0 Å². The van der Waals surface area contributed by atoms with Crippen molar-refractivity contribution in [2.45, 2.75) is 6.92 Å². The molecule has 0 unspecified atom stereocenters. The number of piperazine rings is 1. The van der Waals surface area contributed by atoms with Crippen LogP contribution in [0, 0.1) is 6.92 Å². The maximum Gasteiger partial charge on any atom is 0.0730 e. The van der Waals surface area contributed by atoms with Crippen molar-refractivity contribution in [3.05, 3.63) is 60.2 Å². The number of fused-ring (bicyclic) bond motifs is 1. The fourth-order valence-electron chi connectivity index (χ4n) is 3.34. The number of benzene rings is 2. The van der Waals surface area contributed by atoms with Crippen LogP contribution in [0.25, 0.3) is 22.2 Å². The Hall–Kier alpha value is -1.47. The highest BCUT2D eigenvalue weighted by Crippen LogP contribution is 2.31. The van der Waals surface area contributed by atoms with Crippen LogP contribution in [0.1, 0.15) is 5.56 Å². The van der Waals surface area contributed by atoms with Crippen LogP contribution in [-0.2, 0) is 0 Å². The van der Waals surface area contributed by atoms with Gasteiger partial charge in [-0.25, -0.2) is 4.98 Å². The van der Waals surface area contributed by atoms with Gasteiger partial charge in [0.2, 0.25) is 0 Å². The molecule has 0 amide bonds. The van der Waals surface area contributed by atoms with E-state index in [-0.39, 0.29) is 39.4 Å². The Bertz CT molecular complexity index is 863. The van der Waals surface area contributed by atoms with Gasteiger partial charge in [-0.05, 0) is 26.1 Å². The van der Waals surface area contributed by atoms with Gasteiger partial charge in [0, 0.05) is 42.8 Å². The molecule has 27 heavy (non-hydrogen) atoms. The highest BCUT2D eigenvalue weighted by molar-refractivity contribution is 8.93. The minimum Gasteiger partial charge on any atom is -0.412 e. The Morgan fingerprint density at radius 3 is 2.15 bits per heavy atom. The van der Waals surface area contributed by atoms with Crippen molar-refractivity contribution in [1.82, 2.24) is 9.88 Å². The lowest BCUT2D eigenvalue weighted by Gasteiger charge is -2.34. The Labute approximate surface area is 182 Å². The van der Waals surface area contributed by atoms with E-state index < -0.39 is 0 Å². The van der Waals surface area contributed by atoms with Gasteiger partial charge in [-0.1, -0.05) is 48.0 Å². The molecule has 0 bridgehead atoms. The lowest BCUT2D eigenvalue weighted by molar-refractivity contribution is 0.313. The molecule has 2 aromatic carbocycles. The molecule has 0 atom stereocenters. The third-order valence-electron chi connectivity index (χ3n) is 4.89. The van der Waals surface area contributed by atoms with Gasteiger partial charge in [-0.2, -0.15) is 0 Å². The molecule has 3 aromatic rings. The number of rotatable bonds is 2. The summed E-state index contributed by atoms with van der Waals surface area (Å²) in [5, 5.41) is 1.25. The summed E-state index contributed by atoms with van der Waals surface area (Å²) in [6.45, 7) is 6.47. The summed E-state index contributed by atoms with van der Waals surface area (Å²) in [6.07, 6.45) is 0. The van der Waals surface area contributed by atoms with Crippen LogP contribution < -0.4 is 4.90 Å². The molecular weight excluding hydrogens is 470 g/mol. The lowest BCUT2D eigenvalue weighted by atomic mass is 10.1. The van der Waals surface area contributed by atoms with Crippen LogP contribution in [0.15, 0.2) is 54.6 Å². The highest BCUT2D eigenvalue weighted by atomic mass is 79.9. The van der Waals surface area contributed by atoms with Gasteiger partial charge in [-0.15, -0.1) is 34.0 Å². The van der Waals surface area contributed by atoms with Gasteiger partial charge in [0.1, 0.15) is 0 Å². The SMILES string of the molecule is Br.Br.Cc1ccc(-c2cc(N3CCN(C)CC3)c3ccccc3n2)cc1.O. The largest absolute Gasteiger partial charge is 0.412 e. The van der Waals surface area contributed by atoms with E-state index in [0.29, 0.717) is 0 Å². The zero-order valence-corrected chi connectivity index (χ0v) is 19.1. The van der Waals surface area contributed by atoms with Crippen LogP contribution in [0.3, 0.4) is 0 Å². The molecule has 1 aliphatic heterocycles. The monoisotopic (exact) mass is 495 g/mol. The van der Waals surface area contributed by atoms with Crippen molar-refractivity contribution in [3.8, 4) is 11.3 Å². The van der Waals surface area contributed by atoms with Gasteiger partial charge >= 0.3 is 0 Å². The minimum absolute atomic E-state index is 0. The quantitative estimate of drug-likeness (QED) is 0.531. The number of halogens is 2. The number of pyridine rings is 1. The average Bonchev–Trinajstić information content (AvgIpc) is 2.62. The van der Waals surface area contributed by atoms with Crippen molar-refractivity contribution in [1.29, 1.82) is 0 Å². The summed E-state index contributed by atoms with van der Waals surface area (Å²) >= 11 is 0. The topological polar surface area (TPSA) is 50.9 Å². The van der Waals surface area contributed by atoms with Crippen LogP contribution >= 0.6 is 34.0 Å². The summed E-state index contributed by atoms with van der Waals surface area (Å²) in [5.74, 6) is 0. The predicted octanol–water partition coefficient (Wildman–Crippen LogP) is 4.29. The second-order valence-corrected chi connectivity index (χ2v) is 6.70. The number of para-hydroxylation sites is 1. The first kappa shape index (κ1) is 23.6. The van der Waals surface area contributed by atoms with Gasteiger partial charge in [0.15, 0.2) is 0 Å². The van der Waals surface area contributed by atoms with Gasteiger partial charge < -0.3 is 15.3 Å². The molecule has 2 heterocycles. The van der Waals surface area contributed by atoms with E-state index in [1.54, 1.807) is 0 Å². The highest BCUT2D eigenvalue weighted by Gasteiger charge is 2.18. The summed E-state index contributed by atoms with van der Waals surface area (Å²) in [6, 6.07) is 19.4. The molecular formula is C21H27Br2N3O. The van der Waals surface area contributed by atoms with Crippen LogP contribution in [-0.4, -0.2) is 48.6 Å². The number of nitrogens with zero attached hydrogens (tertiary/aromatic N) is 3. The molecule has 0 spiro atoms. The van der Waals surface area contributed by atoms with E-state index in [9.17, 15) is 0 Å². The van der Waals surface area contributed by atoms with Crippen molar-refractivity contribution in [2.75, 3.05) is 38.1 Å². The molecule has 4 nitrogen and oxygen atoms in total. The number of hydrogen-bond donors (Lipinski definition) is 0. The predicted molar refractivity (Wildman–Crippen MR) is 126 cm³/mol. The van der Waals surface area contributed by atoms with Gasteiger partial charge in [0.05, 0.1) is 11.2 Å². The Morgan fingerprint density at radius 1 is 0.852 bits per heavy atom. The minimum atomic E-state index is 0. The molecule has 2 N–H and O–H groups in total. The summed E-state index contributed by atoms with van der Waals surface area (Å²) in [4.78, 5) is 9.80. The molecule has 4 rings (SSSR count). The first-order valence-corrected chi connectivity index (χ1v) is 8.61. The zero-order chi connectivity index (χ0) is 16.5. The molecule has 0 radical (unpaired) electrons. The number of likely N-dealkylation sites (N-methyl/N-ethyl adjacent to an activating group) is 1. The van der Waals surface area contributed by atoms with Crippen LogP contribution in [0.2, 0.25) is 0 Å². The van der Waals surface area contributed by atoms with Gasteiger partial charge in [-0.3, -0.25) is 0 Å². The first-order chi connectivity index (χ1) is 11.7. The maximum absolute atomic E-state index is 4.91. The average molecular weight is 497 g/mol. The fraction of sp³-hybridized carbons (Fsp3) is 0.286. The summed E-state index contributed by atoms with van der Waals surface area (Å²) in [7, 11) is 2.19. The zero-order valence-electron chi connectivity index (χ0n) is 15.7. The summed E-state index contributed by atoms with van der Waals surface area (Å²) in [5.41, 5.74) is 5.90. The Morgan fingerprint density at radius 2 is 1.48 bits per heavy atom. The third-order valence-corrected chi connectivity index (χ3v) is 4.89. The van der Waals surface area contributed by atoms with Crippen molar-refractivity contribution in [2.24, 2.45) is 0 Å². The lowest BCUT2D eigenvalue weighted by Crippen LogP contribution is -2.44. The van der Waals surface area contributed by atoms with E-state index in [0.717, 1.165) is 37.4 Å². The van der Waals surface area contributed by atoms with Crippen molar-refractivity contribution < 1.29 is 5.48 Å². The van der Waals surface area contributed by atoms with E-state index in [1.165, 1.54) is 22.2 Å². The van der Waals surface area contributed by atoms with E-state index in [4.69, 9.17) is 4.98 Å². The Balaban J connectivity index is 0.00000121. The van der Waals surface area contributed by atoms with Crippen LogP contribution in [0.4, 0.5) is 5.69 Å². The molecule has 0 aliphatic carbocycles. The van der Waals surface area contributed by atoms with E-state index in [2.05, 4.69) is 78.4 Å². The van der Waals surface area contributed by atoms with Crippen molar-refractivity contribution >= 4 is 50.6 Å². The Kier molecular flexibility index (Phi) is 8.88. The van der Waals surface area contributed by atoms with E-state index in [1.807, 2.05) is 0 Å². The number of aromatic nitrogens is 1.